The average molecular weight is 392 g/mol. The lowest BCUT2D eigenvalue weighted by atomic mass is 9.72. The maximum Gasteiger partial charge on any atom is 0.251 e. The van der Waals surface area contributed by atoms with Crippen LogP contribution in [0.25, 0.3) is 0 Å². The van der Waals surface area contributed by atoms with Crippen molar-refractivity contribution in [1.82, 2.24) is 10.2 Å². The van der Waals surface area contributed by atoms with E-state index < -0.39 is 5.41 Å². The van der Waals surface area contributed by atoms with Gasteiger partial charge < -0.3 is 16.0 Å². The first-order chi connectivity index (χ1) is 14.1. The Morgan fingerprint density at radius 1 is 1.07 bits per heavy atom. The highest BCUT2D eigenvalue weighted by Gasteiger charge is 2.41. The maximum absolute atomic E-state index is 12.3. The molecular weight excluding hydrogens is 362 g/mol. The summed E-state index contributed by atoms with van der Waals surface area (Å²) in [6, 6.07) is 18.0. The third-order valence-corrected chi connectivity index (χ3v) is 6.60. The van der Waals surface area contributed by atoms with E-state index in [0.717, 1.165) is 68.4 Å². The van der Waals surface area contributed by atoms with Crippen LogP contribution in [0, 0.1) is 0 Å². The van der Waals surface area contributed by atoms with Crippen LogP contribution in [-0.4, -0.2) is 42.4 Å². The Bertz CT molecular complexity index is 873. The second kappa shape index (κ2) is 8.37. The summed E-state index contributed by atoms with van der Waals surface area (Å²) in [6.45, 7) is 2.73. The molecule has 29 heavy (non-hydrogen) atoms. The predicted octanol–water partition coefficient (Wildman–Crippen LogP) is 2.64. The minimum Gasteiger partial charge on any atom is -0.369 e. The van der Waals surface area contributed by atoms with Gasteiger partial charge >= 0.3 is 0 Å². The number of nitrogens with one attached hydrogen (secondary N) is 1. The molecule has 5 heteroatoms. The van der Waals surface area contributed by atoms with E-state index in [2.05, 4.69) is 16.3 Å². The molecule has 2 aliphatic heterocycles. The molecule has 3 N–H and O–H groups in total. The number of primary amides is 1. The van der Waals surface area contributed by atoms with Gasteiger partial charge in [-0.2, -0.15) is 0 Å². The van der Waals surface area contributed by atoms with Crippen LogP contribution in [0.5, 0.6) is 0 Å². The molecule has 1 saturated heterocycles. The molecule has 1 unspecified atom stereocenters. The van der Waals surface area contributed by atoms with Gasteiger partial charge in [-0.25, -0.2) is 0 Å². The summed E-state index contributed by atoms with van der Waals surface area (Å²) in [6.07, 6.45) is 4.43. The summed E-state index contributed by atoms with van der Waals surface area (Å²) in [5, 5.41) is 3.14. The Kier molecular flexibility index (Phi) is 5.67. The zero-order valence-electron chi connectivity index (χ0n) is 16.8. The molecule has 2 aromatic rings. The second-order valence-electron chi connectivity index (χ2n) is 8.33. The Hall–Kier alpha value is -2.66. The van der Waals surface area contributed by atoms with Crippen molar-refractivity contribution in [1.29, 1.82) is 0 Å². The fourth-order valence-electron chi connectivity index (χ4n) is 4.83. The third-order valence-electron chi connectivity index (χ3n) is 6.60. The van der Waals surface area contributed by atoms with Crippen LogP contribution in [-0.2, 0) is 16.6 Å². The fraction of sp³-hybridized carbons (Fsp3) is 0.417. The highest BCUT2D eigenvalue weighted by Crippen LogP contribution is 2.35. The lowest BCUT2D eigenvalue weighted by Gasteiger charge is -2.40. The minimum atomic E-state index is -0.543. The SMILES string of the molecule is NC(=O)C1(c2ccccc2)CCN(CCCC2Cc3ccccc3C(=O)N2)CC1. The number of nitrogens with zero attached hydrogens (tertiary/aromatic N) is 1. The van der Waals surface area contributed by atoms with Crippen molar-refractivity contribution in [2.45, 2.75) is 43.6 Å². The van der Waals surface area contributed by atoms with Gasteiger partial charge in [-0.15, -0.1) is 0 Å². The van der Waals surface area contributed by atoms with Gasteiger partial charge in [0.25, 0.3) is 5.91 Å². The smallest absolute Gasteiger partial charge is 0.251 e. The van der Waals surface area contributed by atoms with E-state index >= 15 is 0 Å². The normalized spacial score (nSPS) is 21.2. The van der Waals surface area contributed by atoms with Crippen molar-refractivity contribution in [3.63, 3.8) is 0 Å². The van der Waals surface area contributed by atoms with Crippen molar-refractivity contribution in [3.8, 4) is 0 Å². The number of fused-ring (bicyclic) bond motifs is 1. The molecule has 0 bridgehead atoms. The highest BCUT2D eigenvalue weighted by molar-refractivity contribution is 5.97. The predicted molar refractivity (Wildman–Crippen MR) is 114 cm³/mol. The monoisotopic (exact) mass is 391 g/mol. The Morgan fingerprint density at radius 2 is 1.76 bits per heavy atom. The fourth-order valence-corrected chi connectivity index (χ4v) is 4.83. The van der Waals surface area contributed by atoms with E-state index in [4.69, 9.17) is 5.73 Å². The van der Waals surface area contributed by atoms with Crippen molar-refractivity contribution in [2.24, 2.45) is 5.73 Å². The summed E-state index contributed by atoms with van der Waals surface area (Å²) < 4.78 is 0. The third kappa shape index (κ3) is 4.06. The van der Waals surface area contributed by atoms with Crippen LogP contribution in [0.15, 0.2) is 54.6 Å². The van der Waals surface area contributed by atoms with Crippen LogP contribution < -0.4 is 11.1 Å². The van der Waals surface area contributed by atoms with Gasteiger partial charge in [0, 0.05) is 11.6 Å². The first-order valence-corrected chi connectivity index (χ1v) is 10.5. The standard InChI is InChI=1S/C24H29N3O2/c25-23(29)24(19-8-2-1-3-9-19)12-15-27(16-13-24)14-6-10-20-17-18-7-4-5-11-21(18)22(28)26-20/h1-5,7-9,11,20H,6,10,12-17H2,(H2,25,29)(H,26,28). The Balaban J connectivity index is 1.29. The first-order valence-electron chi connectivity index (χ1n) is 10.5. The van der Waals surface area contributed by atoms with Gasteiger partial charge in [-0.1, -0.05) is 48.5 Å². The van der Waals surface area contributed by atoms with E-state index in [0.29, 0.717) is 0 Å². The van der Waals surface area contributed by atoms with Crippen molar-refractivity contribution < 1.29 is 9.59 Å². The molecule has 5 nitrogen and oxygen atoms in total. The van der Waals surface area contributed by atoms with Gasteiger partial charge in [-0.05, 0) is 68.9 Å². The molecule has 0 aromatic heterocycles. The number of hydrogen-bond acceptors (Lipinski definition) is 3. The number of piperidine rings is 1. The van der Waals surface area contributed by atoms with Gasteiger partial charge in [0.2, 0.25) is 5.91 Å². The van der Waals surface area contributed by atoms with Crippen LogP contribution in [0.3, 0.4) is 0 Å². The van der Waals surface area contributed by atoms with Crippen LogP contribution in [0.1, 0.15) is 47.2 Å². The molecule has 4 rings (SSSR count). The van der Waals surface area contributed by atoms with Crippen LogP contribution in [0.2, 0.25) is 0 Å². The first kappa shape index (κ1) is 19.6. The van der Waals surface area contributed by atoms with E-state index in [-0.39, 0.29) is 17.9 Å². The van der Waals surface area contributed by atoms with Gasteiger partial charge in [-0.3, -0.25) is 9.59 Å². The van der Waals surface area contributed by atoms with E-state index in [1.54, 1.807) is 0 Å². The molecule has 0 spiro atoms. The summed E-state index contributed by atoms with van der Waals surface area (Å²) in [5.41, 5.74) is 8.28. The van der Waals surface area contributed by atoms with Crippen LogP contribution >= 0.6 is 0 Å². The topological polar surface area (TPSA) is 75.4 Å². The Labute approximate surface area is 172 Å². The van der Waals surface area contributed by atoms with E-state index in [1.165, 1.54) is 0 Å². The molecule has 0 saturated carbocycles. The number of carbonyl (C=O) groups excluding carboxylic acids is 2. The molecule has 2 amide bonds. The molecule has 0 radical (unpaired) electrons. The van der Waals surface area contributed by atoms with Crippen molar-refractivity contribution in [2.75, 3.05) is 19.6 Å². The number of amides is 2. The number of carbonyl (C=O) groups is 2. The molecule has 1 atom stereocenters. The lowest BCUT2D eigenvalue weighted by Crippen LogP contribution is -2.50. The zero-order chi connectivity index (χ0) is 20.3. The number of benzene rings is 2. The second-order valence-corrected chi connectivity index (χ2v) is 8.33. The maximum atomic E-state index is 12.3. The Morgan fingerprint density at radius 3 is 2.48 bits per heavy atom. The number of nitrogens with two attached hydrogens (primary N) is 1. The quantitative estimate of drug-likeness (QED) is 0.795. The van der Waals surface area contributed by atoms with E-state index in [1.807, 2.05) is 48.5 Å². The zero-order valence-corrected chi connectivity index (χ0v) is 16.8. The minimum absolute atomic E-state index is 0.0453. The molecule has 2 aromatic carbocycles. The van der Waals surface area contributed by atoms with Gasteiger partial charge in [0.1, 0.15) is 0 Å². The van der Waals surface area contributed by atoms with Gasteiger partial charge in [0.15, 0.2) is 0 Å². The summed E-state index contributed by atoms with van der Waals surface area (Å²) in [7, 11) is 0. The molecule has 2 aliphatic rings. The lowest BCUT2D eigenvalue weighted by molar-refractivity contribution is -0.125. The summed E-state index contributed by atoms with van der Waals surface area (Å²) in [5.74, 6) is -0.171. The van der Waals surface area contributed by atoms with E-state index in [9.17, 15) is 9.59 Å². The number of rotatable bonds is 6. The number of hydrogen-bond donors (Lipinski definition) is 2. The average Bonchev–Trinajstić information content (AvgIpc) is 2.75. The van der Waals surface area contributed by atoms with Crippen molar-refractivity contribution in [3.05, 3.63) is 71.3 Å². The molecule has 152 valence electrons. The molecule has 1 fully saturated rings. The number of likely N-dealkylation sites (tertiary alicyclic amines) is 1. The van der Waals surface area contributed by atoms with Gasteiger partial charge in [0.05, 0.1) is 5.41 Å². The summed E-state index contributed by atoms with van der Waals surface area (Å²) >= 11 is 0. The largest absolute Gasteiger partial charge is 0.369 e. The molecule has 2 heterocycles. The van der Waals surface area contributed by atoms with Crippen molar-refractivity contribution >= 4 is 11.8 Å². The molecular formula is C24H29N3O2. The molecule has 0 aliphatic carbocycles. The van der Waals surface area contributed by atoms with Crippen LogP contribution in [0.4, 0.5) is 0 Å². The highest BCUT2D eigenvalue weighted by atomic mass is 16.2. The summed E-state index contributed by atoms with van der Waals surface area (Å²) in [4.78, 5) is 27.0.